The molecule has 0 spiro atoms. The Morgan fingerprint density at radius 2 is 1.69 bits per heavy atom. The predicted octanol–water partition coefficient (Wildman–Crippen LogP) is 3.02. The van der Waals surface area contributed by atoms with Gasteiger partial charge in [0.05, 0.1) is 25.3 Å². The molecule has 2 fully saturated rings. The summed E-state index contributed by atoms with van der Waals surface area (Å²) in [5.74, 6) is -0.432. The van der Waals surface area contributed by atoms with E-state index >= 15 is 0 Å². The summed E-state index contributed by atoms with van der Waals surface area (Å²) in [6.45, 7) is 21.6. The molecule has 2 heterocycles. The molecule has 4 atom stereocenters. The van der Waals surface area contributed by atoms with Gasteiger partial charge in [-0.15, -0.1) is 0 Å². The van der Waals surface area contributed by atoms with E-state index in [0.29, 0.717) is 6.29 Å². The summed E-state index contributed by atoms with van der Waals surface area (Å²) in [6.07, 6.45) is -0.559. The summed E-state index contributed by atoms with van der Waals surface area (Å²) in [5, 5.41) is 22.7. The van der Waals surface area contributed by atoms with E-state index in [4.69, 9.17) is 9.16 Å². The Balaban J connectivity index is 2.42. The molecule has 35 heavy (non-hydrogen) atoms. The molecule has 0 aromatic heterocycles. The van der Waals surface area contributed by atoms with Gasteiger partial charge in [0.15, 0.2) is 20.2 Å². The standard InChI is InChI=1S/C24H46N2O7Si2/c1-20(2,3)34(8,9)24(31)12-17(33-23(24,14-27)15-28)26-13-22(7,18(29)25-19(26)30)16-32-35(10,11)21(4,5)6/h14,17,28,31H,12-13,15-16H2,1-11H3,(H,25,29,30)/t17-,22?,23-,24-/m1/s1. The van der Waals surface area contributed by atoms with E-state index in [9.17, 15) is 24.6 Å². The van der Waals surface area contributed by atoms with E-state index in [-0.39, 0.29) is 29.6 Å². The van der Waals surface area contributed by atoms with Crippen molar-refractivity contribution >= 4 is 34.6 Å². The van der Waals surface area contributed by atoms with Crippen molar-refractivity contribution in [2.45, 2.75) is 108 Å². The van der Waals surface area contributed by atoms with Crippen LogP contribution < -0.4 is 5.32 Å². The van der Waals surface area contributed by atoms with Gasteiger partial charge in [-0.05, 0) is 30.1 Å². The molecule has 2 aliphatic rings. The first kappa shape index (κ1) is 30.1. The lowest BCUT2D eigenvalue weighted by molar-refractivity contribution is -0.166. The molecular weight excluding hydrogens is 484 g/mol. The fourth-order valence-corrected chi connectivity index (χ4v) is 8.75. The van der Waals surface area contributed by atoms with E-state index in [1.807, 2.05) is 33.9 Å². The second-order valence-corrected chi connectivity index (χ2v) is 24.1. The van der Waals surface area contributed by atoms with E-state index in [1.165, 1.54) is 4.90 Å². The zero-order chi connectivity index (χ0) is 27.5. The molecule has 0 radical (unpaired) electrons. The lowest BCUT2D eigenvalue weighted by Gasteiger charge is -2.51. The molecule has 2 aliphatic heterocycles. The molecule has 9 nitrogen and oxygen atoms in total. The number of hydrogen-bond donors (Lipinski definition) is 3. The number of carbonyl (C=O) groups is 3. The molecule has 2 saturated heterocycles. The first-order valence-corrected chi connectivity index (χ1v) is 18.2. The van der Waals surface area contributed by atoms with Crippen LogP contribution in [0.2, 0.25) is 36.3 Å². The molecule has 0 aromatic rings. The van der Waals surface area contributed by atoms with Crippen LogP contribution in [0.5, 0.6) is 0 Å². The second-order valence-electron chi connectivity index (χ2n) is 13.7. The lowest BCUT2D eigenvalue weighted by Crippen LogP contribution is -2.71. The largest absolute Gasteiger partial charge is 0.416 e. The van der Waals surface area contributed by atoms with Gasteiger partial charge in [-0.2, -0.15) is 0 Å². The smallest absolute Gasteiger partial charge is 0.326 e. The highest BCUT2D eigenvalue weighted by molar-refractivity contribution is 6.83. The van der Waals surface area contributed by atoms with Crippen LogP contribution in [0.15, 0.2) is 0 Å². The Morgan fingerprint density at radius 1 is 1.14 bits per heavy atom. The molecule has 0 saturated carbocycles. The number of carbonyl (C=O) groups excluding carboxylic acids is 3. The minimum Gasteiger partial charge on any atom is -0.416 e. The third-order valence-electron chi connectivity index (χ3n) is 9.30. The Bertz CT molecular complexity index is 867. The highest BCUT2D eigenvalue weighted by atomic mass is 28.4. The van der Waals surface area contributed by atoms with Gasteiger partial charge in [0, 0.05) is 19.6 Å². The number of nitrogens with zero attached hydrogens (tertiary/aromatic N) is 1. The third-order valence-corrected chi connectivity index (χ3v) is 20.2. The number of ether oxygens (including phenoxy) is 1. The molecule has 3 amide bonds. The number of aliphatic hydroxyl groups excluding tert-OH is 1. The fourth-order valence-electron chi connectivity index (χ4n) is 4.46. The van der Waals surface area contributed by atoms with Crippen molar-refractivity contribution in [3.63, 3.8) is 0 Å². The van der Waals surface area contributed by atoms with Crippen molar-refractivity contribution in [3.05, 3.63) is 0 Å². The number of nitrogens with one attached hydrogen (secondary N) is 1. The van der Waals surface area contributed by atoms with Gasteiger partial charge in [-0.1, -0.05) is 54.6 Å². The van der Waals surface area contributed by atoms with Crippen molar-refractivity contribution in [2.75, 3.05) is 19.8 Å². The quantitative estimate of drug-likeness (QED) is 0.341. The van der Waals surface area contributed by atoms with Gasteiger partial charge in [-0.3, -0.25) is 19.8 Å². The summed E-state index contributed by atoms with van der Waals surface area (Å²) >= 11 is 0. The van der Waals surface area contributed by atoms with E-state index in [0.717, 1.165) is 0 Å². The summed E-state index contributed by atoms with van der Waals surface area (Å²) < 4.78 is 12.4. The van der Waals surface area contributed by atoms with E-state index < -0.39 is 57.4 Å². The molecule has 0 aliphatic carbocycles. The van der Waals surface area contributed by atoms with Crippen molar-refractivity contribution in [1.82, 2.24) is 10.2 Å². The van der Waals surface area contributed by atoms with Crippen LogP contribution in [0.1, 0.15) is 54.9 Å². The summed E-state index contributed by atoms with van der Waals surface area (Å²) in [4.78, 5) is 39.5. The minimum absolute atomic E-state index is 0.00486. The summed E-state index contributed by atoms with van der Waals surface area (Å²) in [5.41, 5.74) is -2.91. The highest BCUT2D eigenvalue weighted by Gasteiger charge is 2.70. The second kappa shape index (κ2) is 9.02. The van der Waals surface area contributed by atoms with Crippen LogP contribution in [0.3, 0.4) is 0 Å². The van der Waals surface area contributed by atoms with Crippen molar-refractivity contribution in [1.29, 1.82) is 0 Å². The first-order chi connectivity index (χ1) is 15.5. The summed E-state index contributed by atoms with van der Waals surface area (Å²) in [6, 6.07) is -0.651. The van der Waals surface area contributed by atoms with Crippen LogP contribution in [0.25, 0.3) is 0 Å². The lowest BCUT2D eigenvalue weighted by atomic mass is 9.88. The van der Waals surface area contributed by atoms with Crippen LogP contribution in [0.4, 0.5) is 4.79 Å². The maximum absolute atomic E-state index is 12.9. The Labute approximate surface area is 212 Å². The van der Waals surface area contributed by atoms with Gasteiger partial charge < -0.3 is 19.4 Å². The fraction of sp³-hybridized carbons (Fsp3) is 0.875. The third kappa shape index (κ3) is 4.79. The molecule has 1 unspecified atom stereocenters. The van der Waals surface area contributed by atoms with Crippen molar-refractivity contribution in [2.24, 2.45) is 5.41 Å². The average Bonchev–Trinajstić information content (AvgIpc) is 3.02. The maximum atomic E-state index is 12.9. The maximum Gasteiger partial charge on any atom is 0.326 e. The number of aliphatic hydroxyl groups is 2. The number of urea groups is 1. The summed E-state index contributed by atoms with van der Waals surface area (Å²) in [7, 11) is -4.88. The van der Waals surface area contributed by atoms with Gasteiger partial charge in [0.1, 0.15) is 6.23 Å². The van der Waals surface area contributed by atoms with Gasteiger partial charge in [-0.25, -0.2) is 4.79 Å². The molecular formula is C24H46N2O7Si2. The van der Waals surface area contributed by atoms with Crippen molar-refractivity contribution < 1.29 is 33.8 Å². The van der Waals surface area contributed by atoms with E-state index in [1.54, 1.807) is 6.92 Å². The SMILES string of the molecule is CC1(CO[Si](C)(C)C(C)(C)C)CN([C@H]2C[C@@](O)([Si](C)(C)C(C)(C)C)[C@@](C=O)(CO)O2)C(=O)NC1=O. The van der Waals surface area contributed by atoms with E-state index in [2.05, 4.69) is 39.2 Å². The molecule has 2 rings (SSSR count). The Morgan fingerprint density at radius 3 is 2.11 bits per heavy atom. The van der Waals surface area contributed by atoms with Crippen LogP contribution in [-0.2, 0) is 18.8 Å². The minimum atomic E-state index is -2.72. The molecule has 202 valence electrons. The van der Waals surface area contributed by atoms with Gasteiger partial charge in [0.25, 0.3) is 0 Å². The zero-order valence-corrected chi connectivity index (χ0v) is 25.4. The van der Waals surface area contributed by atoms with Crippen LogP contribution in [-0.4, -0.2) is 86.5 Å². The average molecular weight is 531 g/mol. The van der Waals surface area contributed by atoms with Crippen LogP contribution >= 0.6 is 0 Å². The number of aldehydes is 1. The highest BCUT2D eigenvalue weighted by Crippen LogP contribution is 2.53. The van der Waals surface area contributed by atoms with Crippen molar-refractivity contribution in [3.8, 4) is 0 Å². The normalized spacial score (nSPS) is 33.2. The number of amides is 3. The number of rotatable bonds is 7. The van der Waals surface area contributed by atoms with Gasteiger partial charge in [0.2, 0.25) is 5.91 Å². The topological polar surface area (TPSA) is 125 Å². The Hall–Kier alpha value is -1.12. The number of imide groups is 1. The molecule has 0 bridgehead atoms. The molecule has 11 heteroatoms. The molecule has 3 N–H and O–H groups in total. The zero-order valence-electron chi connectivity index (χ0n) is 23.4. The number of hydrogen-bond acceptors (Lipinski definition) is 7. The predicted molar refractivity (Wildman–Crippen MR) is 139 cm³/mol. The Kier molecular flexibility index (Phi) is 7.76. The first-order valence-electron chi connectivity index (χ1n) is 12.3. The monoisotopic (exact) mass is 530 g/mol. The molecule has 0 aromatic carbocycles. The van der Waals surface area contributed by atoms with Gasteiger partial charge >= 0.3 is 6.03 Å². The van der Waals surface area contributed by atoms with Crippen LogP contribution in [0, 0.1) is 5.41 Å².